The average Bonchev–Trinajstić information content (AvgIpc) is 2.58. The molecule has 1 amide bonds. The Morgan fingerprint density at radius 1 is 1.17 bits per heavy atom. The number of benzene rings is 1. The molecule has 2 aromatic rings. The van der Waals surface area contributed by atoms with E-state index in [9.17, 15) is 4.79 Å². The van der Waals surface area contributed by atoms with Crippen LogP contribution in [0.5, 0.6) is 11.5 Å². The smallest absolute Gasteiger partial charge is 0.224 e. The van der Waals surface area contributed by atoms with E-state index in [0.717, 1.165) is 15.7 Å². The van der Waals surface area contributed by atoms with Crippen molar-refractivity contribution in [3.05, 3.63) is 52.3 Å². The molecule has 0 saturated carbocycles. The van der Waals surface area contributed by atoms with Crippen molar-refractivity contribution < 1.29 is 14.3 Å². The number of aromatic nitrogens is 1. The number of rotatable bonds is 8. The molecule has 5 nitrogen and oxygen atoms in total. The first-order chi connectivity index (χ1) is 11.6. The summed E-state index contributed by atoms with van der Waals surface area (Å²) in [5.41, 5.74) is 1.67. The first-order valence-electron chi connectivity index (χ1n) is 7.88. The van der Waals surface area contributed by atoms with Gasteiger partial charge < -0.3 is 14.8 Å². The first kappa shape index (κ1) is 18.3. The summed E-state index contributed by atoms with van der Waals surface area (Å²) in [6, 6.07) is 9.30. The summed E-state index contributed by atoms with van der Waals surface area (Å²) in [4.78, 5) is 16.4. The van der Waals surface area contributed by atoms with Crippen molar-refractivity contribution in [1.29, 1.82) is 0 Å². The minimum atomic E-state index is -0.0760. The minimum Gasteiger partial charge on any atom is -0.490 e. The molecule has 2 rings (SSSR count). The van der Waals surface area contributed by atoms with Gasteiger partial charge >= 0.3 is 0 Å². The molecule has 1 heterocycles. The predicted octanol–water partition coefficient (Wildman–Crippen LogP) is 3.50. The summed E-state index contributed by atoms with van der Waals surface area (Å²) < 4.78 is 12.0. The summed E-state index contributed by atoms with van der Waals surface area (Å²) >= 11 is 3.50. The van der Waals surface area contributed by atoms with Gasteiger partial charge in [0.2, 0.25) is 5.91 Å². The molecule has 6 heteroatoms. The molecule has 0 aliphatic rings. The van der Waals surface area contributed by atoms with Crippen LogP contribution in [0.4, 0.5) is 0 Å². The van der Waals surface area contributed by atoms with Crippen molar-refractivity contribution in [2.24, 2.45) is 0 Å². The molecule has 0 bridgehead atoms. The van der Waals surface area contributed by atoms with Gasteiger partial charge in [-0.05, 0) is 43.7 Å². The van der Waals surface area contributed by atoms with Crippen molar-refractivity contribution in [2.45, 2.75) is 26.8 Å². The summed E-state index contributed by atoms with van der Waals surface area (Å²) in [6.45, 7) is 5.33. The number of hydrogen-bond donors (Lipinski definition) is 1. The molecule has 0 fully saturated rings. The second kappa shape index (κ2) is 9.27. The molecule has 1 aromatic heterocycles. The van der Waals surface area contributed by atoms with E-state index in [1.54, 1.807) is 6.20 Å². The lowest BCUT2D eigenvalue weighted by atomic mass is 10.1. The molecule has 24 heavy (non-hydrogen) atoms. The zero-order valence-electron chi connectivity index (χ0n) is 13.8. The van der Waals surface area contributed by atoms with Crippen molar-refractivity contribution in [1.82, 2.24) is 10.3 Å². The highest BCUT2D eigenvalue weighted by atomic mass is 79.9. The Hall–Kier alpha value is -2.08. The van der Waals surface area contributed by atoms with Gasteiger partial charge in [-0.3, -0.25) is 9.78 Å². The second-order valence-electron chi connectivity index (χ2n) is 5.03. The molecular formula is C18H21BrN2O3. The first-order valence-corrected chi connectivity index (χ1v) is 8.68. The van der Waals surface area contributed by atoms with Gasteiger partial charge in [-0.1, -0.05) is 22.0 Å². The maximum atomic E-state index is 12.2. The molecule has 1 aromatic carbocycles. The zero-order chi connectivity index (χ0) is 17.4. The summed E-state index contributed by atoms with van der Waals surface area (Å²) in [6.07, 6.45) is 1.96. The number of hydrogen-bond acceptors (Lipinski definition) is 4. The highest BCUT2D eigenvalue weighted by molar-refractivity contribution is 9.10. The summed E-state index contributed by atoms with van der Waals surface area (Å²) in [5.74, 6) is 1.24. The SMILES string of the molecule is CCOc1cc(Br)c(CC(=O)NCc2ccccn2)cc1OCC. The van der Waals surface area contributed by atoms with Gasteiger partial charge in [0, 0.05) is 10.7 Å². The number of nitrogens with zero attached hydrogens (tertiary/aromatic N) is 1. The maximum Gasteiger partial charge on any atom is 0.224 e. The fourth-order valence-corrected chi connectivity index (χ4v) is 2.64. The van der Waals surface area contributed by atoms with Crippen LogP contribution < -0.4 is 14.8 Å². The Balaban J connectivity index is 2.05. The summed E-state index contributed by atoms with van der Waals surface area (Å²) in [5, 5.41) is 2.87. The largest absolute Gasteiger partial charge is 0.490 e. The average molecular weight is 393 g/mol. The van der Waals surface area contributed by atoms with Crippen molar-refractivity contribution in [3.63, 3.8) is 0 Å². The van der Waals surface area contributed by atoms with E-state index in [2.05, 4.69) is 26.2 Å². The zero-order valence-corrected chi connectivity index (χ0v) is 15.4. The van der Waals surface area contributed by atoms with Crippen molar-refractivity contribution >= 4 is 21.8 Å². The van der Waals surface area contributed by atoms with Crippen LogP contribution in [0, 0.1) is 0 Å². The van der Waals surface area contributed by atoms with Gasteiger partial charge in [-0.15, -0.1) is 0 Å². The molecular weight excluding hydrogens is 372 g/mol. The van der Waals surface area contributed by atoms with Crippen LogP contribution in [0.2, 0.25) is 0 Å². The maximum absolute atomic E-state index is 12.2. The van der Waals surface area contributed by atoms with Crippen LogP contribution in [0.15, 0.2) is 41.0 Å². The van der Waals surface area contributed by atoms with Crippen molar-refractivity contribution in [3.8, 4) is 11.5 Å². The molecule has 128 valence electrons. The Kier molecular flexibility index (Phi) is 7.06. The number of nitrogens with one attached hydrogen (secondary N) is 1. The predicted molar refractivity (Wildman–Crippen MR) is 96.3 cm³/mol. The fraction of sp³-hybridized carbons (Fsp3) is 0.333. The van der Waals surface area contributed by atoms with E-state index in [1.807, 2.05) is 44.2 Å². The number of carbonyl (C=O) groups excluding carboxylic acids is 1. The van der Waals surface area contributed by atoms with E-state index >= 15 is 0 Å². The standard InChI is InChI=1S/C18H21BrN2O3/c1-3-23-16-9-13(15(19)11-17(16)24-4-2)10-18(22)21-12-14-7-5-6-8-20-14/h5-9,11H,3-4,10,12H2,1-2H3,(H,21,22). The molecule has 0 atom stereocenters. The lowest BCUT2D eigenvalue weighted by Crippen LogP contribution is -2.25. The van der Waals surface area contributed by atoms with E-state index < -0.39 is 0 Å². The third-order valence-electron chi connectivity index (χ3n) is 3.26. The molecule has 0 aliphatic heterocycles. The third-order valence-corrected chi connectivity index (χ3v) is 3.99. The molecule has 0 radical (unpaired) electrons. The molecule has 0 aliphatic carbocycles. The topological polar surface area (TPSA) is 60.5 Å². The van der Waals surface area contributed by atoms with E-state index in [0.29, 0.717) is 31.3 Å². The fourth-order valence-electron chi connectivity index (χ4n) is 2.18. The quantitative estimate of drug-likeness (QED) is 0.746. The number of amides is 1. The van der Waals surface area contributed by atoms with Gasteiger partial charge in [0.1, 0.15) is 0 Å². The van der Waals surface area contributed by atoms with Crippen LogP contribution >= 0.6 is 15.9 Å². The van der Waals surface area contributed by atoms with Crippen LogP contribution in [-0.2, 0) is 17.8 Å². The normalized spacial score (nSPS) is 10.3. The van der Waals surface area contributed by atoms with Crippen molar-refractivity contribution in [2.75, 3.05) is 13.2 Å². The molecule has 0 unspecified atom stereocenters. The number of halogens is 1. The molecule has 1 N–H and O–H groups in total. The lowest BCUT2D eigenvalue weighted by Gasteiger charge is -2.14. The highest BCUT2D eigenvalue weighted by Gasteiger charge is 2.13. The third kappa shape index (κ3) is 5.23. The Morgan fingerprint density at radius 3 is 2.50 bits per heavy atom. The Morgan fingerprint density at radius 2 is 1.88 bits per heavy atom. The van der Waals surface area contributed by atoms with Crippen LogP contribution in [0.1, 0.15) is 25.1 Å². The van der Waals surface area contributed by atoms with Gasteiger partial charge in [0.05, 0.1) is 31.9 Å². The van der Waals surface area contributed by atoms with E-state index in [4.69, 9.17) is 9.47 Å². The van der Waals surface area contributed by atoms with E-state index in [-0.39, 0.29) is 12.3 Å². The van der Waals surface area contributed by atoms with Gasteiger partial charge in [0.15, 0.2) is 11.5 Å². The van der Waals surface area contributed by atoms with Gasteiger partial charge in [-0.2, -0.15) is 0 Å². The summed E-state index contributed by atoms with van der Waals surface area (Å²) in [7, 11) is 0. The number of pyridine rings is 1. The highest BCUT2D eigenvalue weighted by Crippen LogP contribution is 2.34. The lowest BCUT2D eigenvalue weighted by molar-refractivity contribution is -0.120. The minimum absolute atomic E-state index is 0.0760. The molecule has 0 spiro atoms. The van der Waals surface area contributed by atoms with Gasteiger partial charge in [-0.25, -0.2) is 0 Å². The molecule has 0 saturated heterocycles. The van der Waals surface area contributed by atoms with Crippen LogP contribution in [0.3, 0.4) is 0 Å². The monoisotopic (exact) mass is 392 g/mol. The number of ether oxygens (including phenoxy) is 2. The van der Waals surface area contributed by atoms with E-state index in [1.165, 1.54) is 0 Å². The van der Waals surface area contributed by atoms with Gasteiger partial charge in [0.25, 0.3) is 0 Å². The second-order valence-corrected chi connectivity index (χ2v) is 5.89. The number of carbonyl (C=O) groups is 1. The Bertz CT molecular complexity index is 677. The van der Waals surface area contributed by atoms with Crippen LogP contribution in [0.25, 0.3) is 0 Å². The Labute approximate surface area is 150 Å². The van der Waals surface area contributed by atoms with Crippen LogP contribution in [-0.4, -0.2) is 24.1 Å².